The maximum atomic E-state index is 12.4. The van der Waals surface area contributed by atoms with Gasteiger partial charge in [-0.1, -0.05) is 24.3 Å². The number of nitrogens with one attached hydrogen (secondary N) is 1. The number of alkyl halides is 2. The largest absolute Gasteiger partial charge is 0.434 e. The molecule has 0 aliphatic carbocycles. The van der Waals surface area contributed by atoms with Crippen LogP contribution in [-0.4, -0.2) is 12.5 Å². The average molecular weight is 306 g/mol. The molecule has 0 heterocycles. The van der Waals surface area contributed by atoms with Gasteiger partial charge in [0, 0.05) is 23.4 Å². The van der Waals surface area contributed by atoms with Crippen molar-refractivity contribution in [3.8, 4) is 5.75 Å². The van der Waals surface area contributed by atoms with Crippen LogP contribution in [0.25, 0.3) is 0 Å². The van der Waals surface area contributed by atoms with Gasteiger partial charge in [-0.25, -0.2) is 0 Å². The van der Waals surface area contributed by atoms with Crippen molar-refractivity contribution >= 4 is 11.6 Å². The quantitative estimate of drug-likeness (QED) is 0.860. The number of ether oxygens (including phenoxy) is 1. The van der Waals surface area contributed by atoms with Gasteiger partial charge in [-0.15, -0.1) is 0 Å². The molecule has 0 aromatic heterocycles. The predicted molar refractivity (Wildman–Crippen MR) is 80.1 cm³/mol. The van der Waals surface area contributed by atoms with Crippen molar-refractivity contribution in [1.29, 1.82) is 0 Å². The highest BCUT2D eigenvalue weighted by atomic mass is 19.3. The summed E-state index contributed by atoms with van der Waals surface area (Å²) >= 11 is 0. The van der Waals surface area contributed by atoms with Crippen LogP contribution in [0.15, 0.2) is 42.5 Å². The highest BCUT2D eigenvalue weighted by Gasteiger charge is 2.10. The first kappa shape index (κ1) is 15.8. The number of amides is 1. The molecule has 0 saturated heterocycles. The van der Waals surface area contributed by atoms with E-state index in [1.165, 1.54) is 6.07 Å². The van der Waals surface area contributed by atoms with Crippen LogP contribution in [-0.2, 0) is 6.54 Å². The number of rotatable bonds is 6. The molecule has 0 saturated carbocycles. The molecule has 0 radical (unpaired) electrons. The second-order valence-corrected chi connectivity index (χ2v) is 4.73. The molecule has 6 heteroatoms. The lowest BCUT2D eigenvalue weighted by Crippen LogP contribution is -2.13. The van der Waals surface area contributed by atoms with Gasteiger partial charge >= 0.3 is 6.61 Å². The maximum absolute atomic E-state index is 12.4. The van der Waals surface area contributed by atoms with E-state index in [0.29, 0.717) is 16.8 Å². The number of para-hydroxylation sites is 1. The van der Waals surface area contributed by atoms with Gasteiger partial charge < -0.3 is 15.8 Å². The molecule has 2 rings (SSSR count). The Morgan fingerprint density at radius 2 is 2.00 bits per heavy atom. The van der Waals surface area contributed by atoms with Gasteiger partial charge in [0.2, 0.25) is 5.91 Å². The lowest BCUT2D eigenvalue weighted by molar-refractivity contribution is -0.0504. The van der Waals surface area contributed by atoms with E-state index in [1.807, 2.05) is 0 Å². The molecule has 0 fully saturated rings. The summed E-state index contributed by atoms with van der Waals surface area (Å²) in [6.45, 7) is -0.804. The van der Waals surface area contributed by atoms with Gasteiger partial charge in [-0.05, 0) is 30.7 Å². The number of primary amides is 1. The fraction of sp³-hybridized carbons (Fsp3) is 0.188. The number of anilines is 1. The van der Waals surface area contributed by atoms with E-state index in [4.69, 9.17) is 5.73 Å². The molecule has 2 aromatic carbocycles. The number of carbonyl (C=O) groups is 1. The average Bonchev–Trinajstić information content (AvgIpc) is 2.47. The van der Waals surface area contributed by atoms with Crippen molar-refractivity contribution in [3.63, 3.8) is 0 Å². The van der Waals surface area contributed by atoms with Crippen molar-refractivity contribution in [2.24, 2.45) is 5.73 Å². The van der Waals surface area contributed by atoms with Crippen LogP contribution in [0.1, 0.15) is 21.5 Å². The fourth-order valence-corrected chi connectivity index (χ4v) is 2.06. The van der Waals surface area contributed by atoms with Crippen LogP contribution in [0.5, 0.6) is 5.75 Å². The predicted octanol–water partition coefficient (Wildman–Crippen LogP) is 3.31. The van der Waals surface area contributed by atoms with Crippen LogP contribution < -0.4 is 15.8 Å². The number of hydrogen-bond acceptors (Lipinski definition) is 3. The molecule has 4 nitrogen and oxygen atoms in total. The van der Waals surface area contributed by atoms with E-state index in [1.54, 1.807) is 43.3 Å². The molecule has 0 spiro atoms. The Kier molecular flexibility index (Phi) is 4.93. The number of nitrogens with two attached hydrogens (primary N) is 1. The zero-order valence-electron chi connectivity index (χ0n) is 12.0. The Balaban J connectivity index is 2.14. The number of carbonyl (C=O) groups excluding carboxylic acids is 1. The highest BCUT2D eigenvalue weighted by molar-refractivity contribution is 5.95. The molecular weight excluding hydrogens is 290 g/mol. The Hall–Kier alpha value is -2.63. The highest BCUT2D eigenvalue weighted by Crippen LogP contribution is 2.22. The summed E-state index contributed by atoms with van der Waals surface area (Å²) in [5.74, 6) is -0.394. The van der Waals surface area contributed by atoms with Crippen molar-refractivity contribution in [1.82, 2.24) is 0 Å². The maximum Gasteiger partial charge on any atom is 0.387 e. The standard InChI is InChI=1S/C16H16F2N2O2/c1-10-6-7-12(8-13(10)15(19)21)20-9-11-4-2-3-5-14(11)22-16(17)18/h2-8,16,20H,9H2,1H3,(H2,19,21). The second-order valence-electron chi connectivity index (χ2n) is 4.73. The Bertz CT molecular complexity index is 675. The zero-order chi connectivity index (χ0) is 16.1. The van der Waals surface area contributed by atoms with Crippen LogP contribution in [0.2, 0.25) is 0 Å². The van der Waals surface area contributed by atoms with E-state index in [2.05, 4.69) is 10.1 Å². The first-order valence-corrected chi connectivity index (χ1v) is 6.64. The van der Waals surface area contributed by atoms with E-state index >= 15 is 0 Å². The van der Waals surface area contributed by atoms with Crippen LogP contribution >= 0.6 is 0 Å². The smallest absolute Gasteiger partial charge is 0.387 e. The molecule has 0 aliphatic rings. The molecule has 1 amide bonds. The van der Waals surface area contributed by atoms with Gasteiger partial charge in [0.25, 0.3) is 0 Å². The van der Waals surface area contributed by atoms with Crippen molar-refractivity contribution in [2.75, 3.05) is 5.32 Å². The molecule has 3 N–H and O–H groups in total. The topological polar surface area (TPSA) is 64.3 Å². The van der Waals surface area contributed by atoms with Crippen molar-refractivity contribution in [2.45, 2.75) is 20.1 Å². The van der Waals surface area contributed by atoms with Gasteiger partial charge in [0.05, 0.1) is 0 Å². The normalized spacial score (nSPS) is 10.5. The third-order valence-corrected chi connectivity index (χ3v) is 3.17. The first-order chi connectivity index (χ1) is 10.5. The van der Waals surface area contributed by atoms with Gasteiger partial charge in [-0.2, -0.15) is 8.78 Å². The summed E-state index contributed by atoms with van der Waals surface area (Å²) in [5.41, 5.74) is 7.76. The summed E-state index contributed by atoms with van der Waals surface area (Å²) in [6.07, 6.45) is 0. The number of halogens is 2. The Morgan fingerprint density at radius 1 is 1.27 bits per heavy atom. The fourth-order valence-electron chi connectivity index (χ4n) is 2.06. The van der Waals surface area contributed by atoms with Gasteiger partial charge in [0.1, 0.15) is 5.75 Å². The Labute approximate surface area is 126 Å². The third kappa shape index (κ3) is 3.94. The van der Waals surface area contributed by atoms with E-state index in [-0.39, 0.29) is 12.3 Å². The molecule has 0 bridgehead atoms. The van der Waals surface area contributed by atoms with Crippen LogP contribution in [0.4, 0.5) is 14.5 Å². The van der Waals surface area contributed by atoms with E-state index in [9.17, 15) is 13.6 Å². The molecule has 116 valence electrons. The molecule has 0 aliphatic heterocycles. The second kappa shape index (κ2) is 6.89. The van der Waals surface area contributed by atoms with E-state index < -0.39 is 12.5 Å². The third-order valence-electron chi connectivity index (χ3n) is 3.17. The summed E-state index contributed by atoms with van der Waals surface area (Å²) in [7, 11) is 0. The monoisotopic (exact) mass is 306 g/mol. The van der Waals surface area contributed by atoms with Crippen molar-refractivity contribution < 1.29 is 18.3 Å². The van der Waals surface area contributed by atoms with E-state index in [0.717, 1.165) is 5.56 Å². The molecule has 0 atom stereocenters. The summed E-state index contributed by atoms with van der Waals surface area (Å²) in [5, 5.41) is 3.06. The van der Waals surface area contributed by atoms with Crippen LogP contribution in [0, 0.1) is 6.92 Å². The summed E-state index contributed by atoms with van der Waals surface area (Å²) in [6, 6.07) is 11.7. The van der Waals surface area contributed by atoms with Crippen LogP contribution in [0.3, 0.4) is 0 Å². The molecular formula is C16H16F2N2O2. The number of hydrogen-bond donors (Lipinski definition) is 2. The number of aryl methyl sites for hydroxylation is 1. The van der Waals surface area contributed by atoms with Gasteiger partial charge in [-0.3, -0.25) is 4.79 Å². The summed E-state index contributed by atoms with van der Waals surface area (Å²) < 4.78 is 29.2. The Morgan fingerprint density at radius 3 is 2.68 bits per heavy atom. The minimum absolute atomic E-state index is 0.118. The lowest BCUT2D eigenvalue weighted by Gasteiger charge is -2.13. The zero-order valence-corrected chi connectivity index (χ0v) is 12.0. The minimum atomic E-state index is -2.87. The molecule has 22 heavy (non-hydrogen) atoms. The van der Waals surface area contributed by atoms with Crippen molar-refractivity contribution in [3.05, 3.63) is 59.2 Å². The lowest BCUT2D eigenvalue weighted by atomic mass is 10.1. The first-order valence-electron chi connectivity index (χ1n) is 6.64. The van der Waals surface area contributed by atoms with Gasteiger partial charge in [0.15, 0.2) is 0 Å². The minimum Gasteiger partial charge on any atom is -0.434 e. The number of benzene rings is 2. The SMILES string of the molecule is Cc1ccc(NCc2ccccc2OC(F)F)cc1C(N)=O. The molecule has 2 aromatic rings. The summed E-state index contributed by atoms with van der Waals surface area (Å²) in [4.78, 5) is 11.3. The molecule has 0 unspecified atom stereocenters.